The Hall–Kier alpha value is -2.16. The zero-order chi connectivity index (χ0) is 16.3. The molecule has 1 aromatic carbocycles. The van der Waals surface area contributed by atoms with Gasteiger partial charge in [-0.15, -0.1) is 0 Å². The smallest absolute Gasteiger partial charge is 0.221 e. The fourth-order valence-electron chi connectivity index (χ4n) is 2.84. The third-order valence-electron chi connectivity index (χ3n) is 3.93. The first-order valence-corrected chi connectivity index (χ1v) is 7.75. The van der Waals surface area contributed by atoms with Crippen molar-refractivity contribution in [2.24, 2.45) is 5.73 Å². The van der Waals surface area contributed by atoms with Crippen molar-refractivity contribution < 1.29 is 4.79 Å². The maximum Gasteiger partial charge on any atom is 0.221 e. The van der Waals surface area contributed by atoms with E-state index in [1.807, 2.05) is 12.1 Å². The summed E-state index contributed by atoms with van der Waals surface area (Å²) in [5.41, 5.74) is 11.3. The Morgan fingerprint density at radius 3 is 1.91 bits per heavy atom. The topological polar surface area (TPSA) is 56.0 Å². The first kappa shape index (κ1) is 16.2. The summed E-state index contributed by atoms with van der Waals surface area (Å²) in [5.74, 6) is 0.405. The van der Waals surface area contributed by atoms with Crippen LogP contribution in [0.25, 0.3) is 11.1 Å². The van der Waals surface area contributed by atoms with Gasteiger partial charge in [0.05, 0.1) is 6.42 Å². The van der Waals surface area contributed by atoms with Crippen LogP contribution in [-0.4, -0.2) is 10.9 Å². The lowest BCUT2D eigenvalue weighted by Crippen LogP contribution is -2.17. The van der Waals surface area contributed by atoms with Crippen LogP contribution < -0.4 is 5.73 Å². The molecule has 3 nitrogen and oxygen atoms in total. The molecule has 0 aliphatic carbocycles. The monoisotopic (exact) mass is 296 g/mol. The van der Waals surface area contributed by atoms with Gasteiger partial charge in [-0.25, -0.2) is 0 Å². The lowest BCUT2D eigenvalue weighted by molar-refractivity contribution is -0.117. The summed E-state index contributed by atoms with van der Waals surface area (Å²) >= 11 is 0. The molecule has 3 heteroatoms. The van der Waals surface area contributed by atoms with Crippen molar-refractivity contribution in [3.63, 3.8) is 0 Å². The van der Waals surface area contributed by atoms with Gasteiger partial charge in [0.1, 0.15) is 0 Å². The highest BCUT2D eigenvalue weighted by atomic mass is 16.1. The van der Waals surface area contributed by atoms with Gasteiger partial charge in [-0.1, -0.05) is 39.8 Å². The van der Waals surface area contributed by atoms with Gasteiger partial charge in [-0.3, -0.25) is 9.78 Å². The highest BCUT2D eigenvalue weighted by Gasteiger charge is 2.17. The number of hydrogen-bond donors (Lipinski definition) is 1. The molecule has 0 saturated carbocycles. The predicted octanol–water partition coefficient (Wildman–Crippen LogP) is 4.02. The van der Waals surface area contributed by atoms with Crippen LogP contribution >= 0.6 is 0 Å². The van der Waals surface area contributed by atoms with Crippen LogP contribution in [0.2, 0.25) is 0 Å². The number of nitrogens with zero attached hydrogens (tertiary/aromatic N) is 1. The summed E-state index contributed by atoms with van der Waals surface area (Å²) in [6.45, 7) is 8.61. The van der Waals surface area contributed by atoms with E-state index in [1.54, 1.807) is 12.4 Å². The summed E-state index contributed by atoms with van der Waals surface area (Å²) in [4.78, 5) is 15.6. The molecule has 2 N–H and O–H groups in total. The van der Waals surface area contributed by atoms with Gasteiger partial charge < -0.3 is 5.73 Å². The van der Waals surface area contributed by atoms with Gasteiger partial charge in [0, 0.05) is 12.4 Å². The maximum absolute atomic E-state index is 11.5. The quantitative estimate of drug-likeness (QED) is 0.906. The van der Waals surface area contributed by atoms with Crippen LogP contribution in [-0.2, 0) is 11.2 Å². The number of rotatable bonds is 5. The average Bonchev–Trinajstić information content (AvgIpc) is 2.47. The molecule has 1 heterocycles. The number of carbonyl (C=O) groups is 1. The number of amides is 1. The fraction of sp³-hybridized carbons (Fsp3) is 0.368. The summed E-state index contributed by atoms with van der Waals surface area (Å²) in [6.07, 6.45) is 3.91. The molecule has 0 atom stereocenters. The van der Waals surface area contributed by atoms with Crippen molar-refractivity contribution in [3.05, 3.63) is 53.3 Å². The van der Waals surface area contributed by atoms with E-state index in [0.717, 1.165) is 11.1 Å². The number of pyridine rings is 1. The Balaban J connectivity index is 2.67. The molecule has 0 saturated heterocycles. The molecule has 0 aliphatic heterocycles. The SMILES string of the molecule is CC(C)c1cc(-c2ccncc2)cc(C(C)C)c1CC(N)=O. The van der Waals surface area contributed by atoms with E-state index in [9.17, 15) is 4.79 Å². The highest BCUT2D eigenvalue weighted by Crippen LogP contribution is 2.33. The molecule has 0 bridgehead atoms. The summed E-state index contributed by atoms with van der Waals surface area (Å²) in [5, 5.41) is 0. The second-order valence-electron chi connectivity index (χ2n) is 6.32. The lowest BCUT2D eigenvalue weighted by Gasteiger charge is -2.21. The first-order valence-electron chi connectivity index (χ1n) is 7.75. The van der Waals surface area contributed by atoms with Crippen molar-refractivity contribution in [1.29, 1.82) is 0 Å². The Morgan fingerprint density at radius 1 is 1.00 bits per heavy atom. The molecule has 0 unspecified atom stereocenters. The van der Waals surface area contributed by atoms with E-state index in [2.05, 4.69) is 44.8 Å². The van der Waals surface area contributed by atoms with Gasteiger partial charge in [0.2, 0.25) is 5.91 Å². The molecule has 116 valence electrons. The van der Waals surface area contributed by atoms with Gasteiger partial charge in [-0.05, 0) is 51.8 Å². The normalized spacial score (nSPS) is 11.2. The number of nitrogens with two attached hydrogens (primary N) is 1. The molecule has 22 heavy (non-hydrogen) atoms. The zero-order valence-corrected chi connectivity index (χ0v) is 13.8. The molecular weight excluding hydrogens is 272 g/mol. The van der Waals surface area contributed by atoms with Crippen LogP contribution in [0, 0.1) is 0 Å². The second kappa shape index (κ2) is 6.73. The van der Waals surface area contributed by atoms with Gasteiger partial charge in [0.25, 0.3) is 0 Å². The number of hydrogen-bond acceptors (Lipinski definition) is 2. The maximum atomic E-state index is 11.5. The van der Waals surface area contributed by atoms with Crippen molar-refractivity contribution in [2.75, 3.05) is 0 Å². The average molecular weight is 296 g/mol. The summed E-state index contributed by atoms with van der Waals surface area (Å²) < 4.78 is 0. The number of primary amides is 1. The number of benzene rings is 1. The van der Waals surface area contributed by atoms with Crippen molar-refractivity contribution in [1.82, 2.24) is 4.98 Å². The molecule has 1 amide bonds. The van der Waals surface area contributed by atoms with Gasteiger partial charge in [-0.2, -0.15) is 0 Å². The Bertz CT molecular complexity index is 631. The molecule has 1 aromatic heterocycles. The van der Waals surface area contributed by atoms with E-state index < -0.39 is 0 Å². The van der Waals surface area contributed by atoms with Crippen molar-refractivity contribution in [3.8, 4) is 11.1 Å². The minimum Gasteiger partial charge on any atom is -0.369 e. The number of aromatic nitrogens is 1. The van der Waals surface area contributed by atoms with Crippen LogP contribution in [0.3, 0.4) is 0 Å². The second-order valence-corrected chi connectivity index (χ2v) is 6.32. The van der Waals surface area contributed by atoms with Crippen molar-refractivity contribution >= 4 is 5.91 Å². The van der Waals surface area contributed by atoms with Crippen LogP contribution in [0.15, 0.2) is 36.7 Å². The minimum atomic E-state index is -0.277. The van der Waals surface area contributed by atoms with E-state index in [4.69, 9.17) is 5.73 Å². The first-order chi connectivity index (χ1) is 10.4. The van der Waals surface area contributed by atoms with Crippen LogP contribution in [0.4, 0.5) is 0 Å². The molecule has 0 radical (unpaired) electrons. The minimum absolute atomic E-state index is 0.277. The largest absolute Gasteiger partial charge is 0.369 e. The standard InChI is InChI=1S/C19H24N2O/c1-12(2)16-9-15(14-5-7-21-8-6-14)10-17(13(3)4)18(16)11-19(20)22/h5-10,12-13H,11H2,1-4H3,(H2,20,22). The fourth-order valence-corrected chi connectivity index (χ4v) is 2.84. The zero-order valence-electron chi connectivity index (χ0n) is 13.8. The van der Waals surface area contributed by atoms with Crippen LogP contribution in [0.5, 0.6) is 0 Å². The molecular formula is C19H24N2O. The Labute approximate surface area is 132 Å². The van der Waals surface area contributed by atoms with E-state index >= 15 is 0 Å². The van der Waals surface area contributed by atoms with Gasteiger partial charge in [0.15, 0.2) is 0 Å². The number of carbonyl (C=O) groups excluding carboxylic acids is 1. The lowest BCUT2D eigenvalue weighted by atomic mass is 9.84. The Morgan fingerprint density at radius 2 is 1.50 bits per heavy atom. The third-order valence-corrected chi connectivity index (χ3v) is 3.93. The molecule has 2 aromatic rings. The van der Waals surface area contributed by atoms with E-state index in [-0.39, 0.29) is 5.91 Å². The molecule has 0 spiro atoms. The summed E-state index contributed by atoms with van der Waals surface area (Å²) in [6, 6.07) is 8.39. The van der Waals surface area contributed by atoms with Gasteiger partial charge >= 0.3 is 0 Å². The molecule has 0 aliphatic rings. The van der Waals surface area contributed by atoms with E-state index in [1.165, 1.54) is 16.7 Å². The summed E-state index contributed by atoms with van der Waals surface area (Å²) in [7, 11) is 0. The Kier molecular flexibility index (Phi) is 4.96. The molecule has 2 rings (SSSR count). The molecule has 0 fully saturated rings. The van der Waals surface area contributed by atoms with Crippen LogP contribution in [0.1, 0.15) is 56.2 Å². The van der Waals surface area contributed by atoms with E-state index in [0.29, 0.717) is 18.3 Å². The highest BCUT2D eigenvalue weighted by molar-refractivity contribution is 5.78. The van der Waals surface area contributed by atoms with Crippen molar-refractivity contribution in [2.45, 2.75) is 46.0 Å². The third kappa shape index (κ3) is 3.53. The predicted molar refractivity (Wildman–Crippen MR) is 90.7 cm³/mol.